The van der Waals surface area contributed by atoms with Gasteiger partial charge in [-0.3, -0.25) is 4.79 Å². The van der Waals surface area contributed by atoms with Crippen molar-refractivity contribution in [3.8, 4) is 0 Å². The van der Waals surface area contributed by atoms with Gasteiger partial charge in [0.1, 0.15) is 24.9 Å². The molecule has 0 bridgehead atoms. The quantitative estimate of drug-likeness (QED) is 0.304. The Morgan fingerprint density at radius 1 is 1.15 bits per heavy atom. The van der Waals surface area contributed by atoms with Crippen LogP contribution in [-0.4, -0.2) is 101 Å². The number of ketones is 1. The zero-order valence-corrected chi connectivity index (χ0v) is 9.21. The number of carbonyl (C=O) groups is 1. The van der Waals surface area contributed by atoms with Crippen molar-refractivity contribution in [3.63, 3.8) is 0 Å². The Labute approximate surface area is 105 Å². The van der Waals surface area contributed by atoms with Gasteiger partial charge in [-0.2, -0.15) is 0 Å². The first kappa shape index (κ1) is 16.2. The van der Waals surface area contributed by atoms with Crippen molar-refractivity contribution >= 4 is 43.5 Å². The maximum Gasteiger partial charge on any atom is 0.189 e. The summed E-state index contributed by atoms with van der Waals surface area (Å²) in [5.74, 6) is -1.00. The molecule has 0 unspecified atom stereocenters. The molecule has 0 aliphatic carbocycles. The number of Topliss-reactive ketones (excluding diaryl/α,β-unsaturated/α-hetero) is 1. The molecular formula is C6H12CaO6. The summed E-state index contributed by atoms with van der Waals surface area (Å²) in [5, 5.41) is 43.1. The molecule has 13 heavy (non-hydrogen) atoms. The molecule has 0 aliphatic rings. The van der Waals surface area contributed by atoms with Crippen molar-refractivity contribution in [3.05, 3.63) is 0 Å². The molecule has 0 rings (SSSR count). The molecule has 7 heteroatoms. The Morgan fingerprint density at radius 3 is 1.92 bits per heavy atom. The van der Waals surface area contributed by atoms with Gasteiger partial charge in [0.05, 0.1) is 6.61 Å². The summed E-state index contributed by atoms with van der Waals surface area (Å²) in [6.07, 6.45) is -5.22. The fourth-order valence-corrected chi connectivity index (χ4v) is 0.602. The molecule has 0 heterocycles. The average Bonchev–Trinajstić information content (AvgIpc) is 2.12. The minimum atomic E-state index is -1.86. The summed E-state index contributed by atoms with van der Waals surface area (Å²) in [6, 6.07) is 0. The molecule has 0 spiro atoms. The van der Waals surface area contributed by atoms with Crippen molar-refractivity contribution < 1.29 is 30.3 Å². The van der Waals surface area contributed by atoms with Gasteiger partial charge >= 0.3 is 0 Å². The van der Waals surface area contributed by atoms with E-state index >= 15 is 0 Å². The van der Waals surface area contributed by atoms with E-state index in [1.807, 2.05) is 0 Å². The molecule has 0 fully saturated rings. The molecule has 0 aromatic carbocycles. The Bertz CT molecular complexity index is 152. The largest absolute Gasteiger partial charge is 0.394 e. The Balaban J connectivity index is 0. The van der Waals surface area contributed by atoms with Gasteiger partial charge in [0, 0.05) is 37.7 Å². The third-order valence-electron chi connectivity index (χ3n) is 1.39. The number of aliphatic hydroxyl groups is 5. The summed E-state index contributed by atoms with van der Waals surface area (Å²) < 4.78 is 0. The fraction of sp³-hybridized carbons (Fsp3) is 0.833. The first-order valence-electron chi connectivity index (χ1n) is 3.33. The van der Waals surface area contributed by atoms with Gasteiger partial charge in [-0.05, 0) is 0 Å². The number of aliphatic hydroxyl groups excluding tert-OH is 5. The molecule has 0 aromatic rings. The van der Waals surface area contributed by atoms with E-state index in [1.54, 1.807) is 0 Å². The Hall–Kier alpha value is 0.730. The predicted octanol–water partition coefficient (Wildman–Crippen LogP) is -3.76. The maximum absolute atomic E-state index is 10.5. The van der Waals surface area contributed by atoms with Gasteiger partial charge in [-0.1, -0.05) is 0 Å². The SMILES string of the molecule is O=C(CO)[C@@H](O)[C@H](O)[C@H](O)CO.[Ca]. The monoisotopic (exact) mass is 220 g/mol. The summed E-state index contributed by atoms with van der Waals surface area (Å²) in [5.41, 5.74) is 0. The van der Waals surface area contributed by atoms with Crippen LogP contribution in [-0.2, 0) is 4.79 Å². The molecular weight excluding hydrogens is 208 g/mol. The zero-order valence-electron chi connectivity index (χ0n) is 7.00. The molecule has 0 aliphatic heterocycles. The molecule has 0 amide bonds. The average molecular weight is 220 g/mol. The van der Waals surface area contributed by atoms with Crippen molar-refractivity contribution in [2.45, 2.75) is 18.3 Å². The molecule has 74 valence electrons. The second-order valence-corrected chi connectivity index (χ2v) is 2.31. The molecule has 3 atom stereocenters. The topological polar surface area (TPSA) is 118 Å². The minimum Gasteiger partial charge on any atom is -0.394 e. The Kier molecular flexibility index (Phi) is 10.0. The molecule has 6 nitrogen and oxygen atoms in total. The molecule has 2 radical (unpaired) electrons. The smallest absolute Gasteiger partial charge is 0.189 e. The maximum atomic E-state index is 10.5. The van der Waals surface area contributed by atoms with Crippen LogP contribution in [0.25, 0.3) is 0 Å². The predicted molar refractivity (Wildman–Crippen MR) is 43.0 cm³/mol. The van der Waals surface area contributed by atoms with Crippen LogP contribution in [0.15, 0.2) is 0 Å². The molecule has 0 saturated heterocycles. The van der Waals surface area contributed by atoms with Crippen molar-refractivity contribution in [2.75, 3.05) is 13.2 Å². The molecule has 0 saturated carbocycles. The van der Waals surface area contributed by atoms with Crippen LogP contribution in [0.4, 0.5) is 0 Å². The number of carbonyl (C=O) groups excluding carboxylic acids is 1. The number of hydrogen-bond donors (Lipinski definition) is 5. The van der Waals surface area contributed by atoms with E-state index in [2.05, 4.69) is 0 Å². The third-order valence-corrected chi connectivity index (χ3v) is 1.39. The van der Waals surface area contributed by atoms with E-state index in [9.17, 15) is 4.79 Å². The summed E-state index contributed by atoms with van der Waals surface area (Å²) >= 11 is 0. The normalized spacial score (nSPS) is 17.0. The van der Waals surface area contributed by atoms with Crippen LogP contribution in [0.1, 0.15) is 0 Å². The standard InChI is InChI=1S/C6H12O6.Ca/c7-1-3(9)5(11)6(12)4(10)2-8;/h3,5-9,11-12H,1-2H2;/t3-,5-,6-;/m1./s1. The van der Waals surface area contributed by atoms with Crippen LogP contribution >= 0.6 is 0 Å². The number of rotatable bonds is 5. The summed E-state index contributed by atoms with van der Waals surface area (Å²) in [7, 11) is 0. The van der Waals surface area contributed by atoms with Gasteiger partial charge < -0.3 is 25.5 Å². The van der Waals surface area contributed by atoms with Gasteiger partial charge in [-0.25, -0.2) is 0 Å². The van der Waals surface area contributed by atoms with Crippen LogP contribution in [0.3, 0.4) is 0 Å². The molecule has 5 N–H and O–H groups in total. The van der Waals surface area contributed by atoms with Gasteiger partial charge in [-0.15, -0.1) is 0 Å². The first-order valence-corrected chi connectivity index (χ1v) is 3.33. The van der Waals surface area contributed by atoms with E-state index in [-0.39, 0.29) is 37.7 Å². The van der Waals surface area contributed by atoms with E-state index in [0.29, 0.717) is 0 Å². The van der Waals surface area contributed by atoms with Crippen molar-refractivity contribution in [1.29, 1.82) is 0 Å². The Morgan fingerprint density at radius 2 is 1.62 bits per heavy atom. The molecule has 0 aromatic heterocycles. The van der Waals surface area contributed by atoms with Crippen LogP contribution in [0.2, 0.25) is 0 Å². The minimum absolute atomic E-state index is 0. The van der Waals surface area contributed by atoms with Crippen LogP contribution in [0, 0.1) is 0 Å². The van der Waals surface area contributed by atoms with Gasteiger partial charge in [0.15, 0.2) is 5.78 Å². The van der Waals surface area contributed by atoms with Gasteiger partial charge in [0.25, 0.3) is 0 Å². The van der Waals surface area contributed by atoms with Crippen LogP contribution in [0.5, 0.6) is 0 Å². The van der Waals surface area contributed by atoms with E-state index < -0.39 is 37.3 Å². The first-order chi connectivity index (χ1) is 5.54. The second-order valence-electron chi connectivity index (χ2n) is 2.31. The van der Waals surface area contributed by atoms with Crippen LogP contribution < -0.4 is 0 Å². The van der Waals surface area contributed by atoms with Crippen molar-refractivity contribution in [1.82, 2.24) is 0 Å². The number of hydrogen-bond acceptors (Lipinski definition) is 6. The fourth-order valence-electron chi connectivity index (χ4n) is 0.602. The van der Waals surface area contributed by atoms with E-state index in [0.717, 1.165) is 0 Å². The third kappa shape index (κ3) is 5.24. The summed E-state index contributed by atoms with van der Waals surface area (Å²) in [6.45, 7) is -1.69. The summed E-state index contributed by atoms with van der Waals surface area (Å²) in [4.78, 5) is 10.5. The van der Waals surface area contributed by atoms with Crippen molar-refractivity contribution in [2.24, 2.45) is 0 Å². The second kappa shape index (κ2) is 8.07. The van der Waals surface area contributed by atoms with E-state index in [4.69, 9.17) is 25.5 Å². The zero-order chi connectivity index (χ0) is 9.72. The van der Waals surface area contributed by atoms with E-state index in [1.165, 1.54) is 0 Å². The van der Waals surface area contributed by atoms with Gasteiger partial charge in [0.2, 0.25) is 0 Å².